The van der Waals surface area contributed by atoms with Gasteiger partial charge in [0.15, 0.2) is 6.29 Å². The number of ether oxygens (including phenoxy) is 1. The summed E-state index contributed by atoms with van der Waals surface area (Å²) in [6.07, 6.45) is 3.67. The predicted octanol–water partition coefficient (Wildman–Crippen LogP) is 0.0853. The molecule has 1 aliphatic heterocycles. The van der Waals surface area contributed by atoms with Crippen molar-refractivity contribution in [3.63, 3.8) is 0 Å². The van der Waals surface area contributed by atoms with Crippen molar-refractivity contribution < 1.29 is 14.3 Å². The van der Waals surface area contributed by atoms with Crippen LogP contribution in [0, 0.1) is 0 Å². The maximum atomic E-state index is 10.7. The van der Waals surface area contributed by atoms with Crippen molar-refractivity contribution in [1.29, 1.82) is 0 Å². The maximum Gasteiger partial charge on any atom is 0.345 e. The maximum absolute atomic E-state index is 10.7. The largest absolute Gasteiger partial charge is 0.406 e. The summed E-state index contributed by atoms with van der Waals surface area (Å²) >= 11 is 0. The van der Waals surface area contributed by atoms with Crippen LogP contribution in [-0.2, 0) is 14.3 Å². The Morgan fingerprint density at radius 1 is 1.64 bits per heavy atom. The van der Waals surface area contributed by atoms with Crippen LogP contribution < -0.4 is 0 Å². The second kappa shape index (κ2) is 3.09. The minimum atomic E-state index is -0.957. The van der Waals surface area contributed by atoms with Crippen LogP contribution in [-0.4, -0.2) is 24.2 Å². The molecule has 4 heteroatoms. The van der Waals surface area contributed by atoms with E-state index in [9.17, 15) is 9.59 Å². The highest BCUT2D eigenvalue weighted by Gasteiger charge is 2.26. The summed E-state index contributed by atoms with van der Waals surface area (Å²) in [6.45, 7) is 1.77. The molecule has 0 aromatic carbocycles. The normalized spacial score (nSPS) is 23.5. The highest BCUT2D eigenvalue weighted by Crippen LogP contribution is 2.04. The number of carbonyl (C=O) groups excluding carboxylic acids is 2. The lowest BCUT2D eigenvalue weighted by Gasteiger charge is -1.89. The third-order valence-electron chi connectivity index (χ3n) is 1.15. The van der Waals surface area contributed by atoms with Crippen molar-refractivity contribution in [3.8, 4) is 0 Å². The topological polar surface area (TPSA) is 55.7 Å². The fourth-order valence-corrected chi connectivity index (χ4v) is 0.685. The molecule has 0 bridgehead atoms. The van der Waals surface area contributed by atoms with Crippen LogP contribution in [0.2, 0.25) is 0 Å². The van der Waals surface area contributed by atoms with Gasteiger partial charge in [-0.25, -0.2) is 9.79 Å². The van der Waals surface area contributed by atoms with Gasteiger partial charge >= 0.3 is 5.97 Å². The number of rotatable bonds is 2. The van der Waals surface area contributed by atoms with E-state index in [-0.39, 0.29) is 5.90 Å². The van der Waals surface area contributed by atoms with Gasteiger partial charge in [-0.1, -0.05) is 6.08 Å². The fourth-order valence-electron chi connectivity index (χ4n) is 0.685. The molecule has 1 heterocycles. The van der Waals surface area contributed by atoms with E-state index < -0.39 is 12.0 Å². The lowest BCUT2D eigenvalue weighted by atomic mass is 10.4. The number of aldehydes is 1. The summed E-state index contributed by atoms with van der Waals surface area (Å²) in [6, 6.07) is -0.957. The van der Waals surface area contributed by atoms with Crippen molar-refractivity contribution in [2.75, 3.05) is 0 Å². The van der Waals surface area contributed by atoms with Crippen molar-refractivity contribution >= 4 is 18.2 Å². The summed E-state index contributed by atoms with van der Waals surface area (Å²) in [7, 11) is 0. The molecule has 0 aliphatic carbocycles. The number of aliphatic imine (C=N–C) groups is 1. The molecule has 58 valence electrons. The molecule has 11 heavy (non-hydrogen) atoms. The van der Waals surface area contributed by atoms with E-state index >= 15 is 0 Å². The third kappa shape index (κ3) is 1.52. The molecule has 0 aromatic rings. The van der Waals surface area contributed by atoms with Crippen LogP contribution in [0.4, 0.5) is 0 Å². The number of hydrogen-bond acceptors (Lipinski definition) is 4. The number of allylic oxidation sites excluding steroid dienone is 1. The second-order valence-corrected chi connectivity index (χ2v) is 1.97. The van der Waals surface area contributed by atoms with E-state index in [2.05, 4.69) is 9.73 Å². The Hall–Kier alpha value is -1.45. The van der Waals surface area contributed by atoms with Gasteiger partial charge in [0.2, 0.25) is 11.9 Å². The molecule has 0 saturated carbocycles. The molecule has 1 rings (SSSR count). The number of esters is 1. The molecular weight excluding hydrogens is 146 g/mol. The zero-order valence-corrected chi connectivity index (χ0v) is 5.98. The van der Waals surface area contributed by atoms with Crippen LogP contribution in [0.3, 0.4) is 0 Å². The molecule has 0 spiro atoms. The molecule has 0 amide bonds. The summed E-state index contributed by atoms with van der Waals surface area (Å²) in [4.78, 5) is 24.5. The van der Waals surface area contributed by atoms with Gasteiger partial charge < -0.3 is 9.53 Å². The predicted molar refractivity (Wildman–Crippen MR) is 38.2 cm³/mol. The zero-order valence-electron chi connectivity index (χ0n) is 5.98. The van der Waals surface area contributed by atoms with Crippen molar-refractivity contribution in [2.45, 2.75) is 13.0 Å². The molecular formula is C7H7NO3. The van der Waals surface area contributed by atoms with E-state index in [1.807, 2.05) is 0 Å². The lowest BCUT2D eigenvalue weighted by Crippen LogP contribution is -2.15. The van der Waals surface area contributed by atoms with Crippen LogP contribution in [0.15, 0.2) is 17.1 Å². The van der Waals surface area contributed by atoms with Gasteiger partial charge in [-0.15, -0.1) is 0 Å². The molecule has 0 radical (unpaired) electrons. The zero-order chi connectivity index (χ0) is 8.27. The van der Waals surface area contributed by atoms with E-state index in [1.54, 1.807) is 13.0 Å². The average Bonchev–Trinajstić information content (AvgIpc) is 2.32. The van der Waals surface area contributed by atoms with Crippen molar-refractivity contribution in [1.82, 2.24) is 0 Å². The minimum Gasteiger partial charge on any atom is -0.406 e. The Balaban J connectivity index is 2.74. The Kier molecular flexibility index (Phi) is 2.15. The Morgan fingerprint density at radius 3 is 2.82 bits per heavy atom. The van der Waals surface area contributed by atoms with Gasteiger partial charge in [0.25, 0.3) is 0 Å². The SMILES string of the molecule is C/C=C/C1=NC(C=O)C(=O)O1. The first-order valence-electron chi connectivity index (χ1n) is 3.15. The standard InChI is InChI=1S/C7H7NO3/c1-2-3-6-8-5(4-9)7(10)11-6/h2-5H,1H3/b3-2+. The van der Waals surface area contributed by atoms with Gasteiger partial charge in [-0.2, -0.15) is 0 Å². The van der Waals surface area contributed by atoms with Gasteiger partial charge in [0.05, 0.1) is 0 Å². The van der Waals surface area contributed by atoms with Crippen molar-refractivity contribution in [2.24, 2.45) is 4.99 Å². The summed E-state index contributed by atoms with van der Waals surface area (Å²) in [5.41, 5.74) is 0. The molecule has 0 fully saturated rings. The third-order valence-corrected chi connectivity index (χ3v) is 1.15. The van der Waals surface area contributed by atoms with Crippen LogP contribution >= 0.6 is 0 Å². The van der Waals surface area contributed by atoms with E-state index in [1.165, 1.54) is 6.08 Å². The highest BCUT2D eigenvalue weighted by atomic mass is 16.6. The van der Waals surface area contributed by atoms with E-state index in [0.717, 1.165) is 0 Å². The van der Waals surface area contributed by atoms with Crippen molar-refractivity contribution in [3.05, 3.63) is 12.2 Å². The van der Waals surface area contributed by atoms with E-state index in [0.29, 0.717) is 6.29 Å². The number of carbonyl (C=O) groups is 2. The second-order valence-electron chi connectivity index (χ2n) is 1.97. The molecule has 0 saturated heterocycles. The van der Waals surface area contributed by atoms with Gasteiger partial charge in [0.1, 0.15) is 0 Å². The Morgan fingerprint density at radius 2 is 2.36 bits per heavy atom. The quantitative estimate of drug-likeness (QED) is 0.321. The van der Waals surface area contributed by atoms with Gasteiger partial charge in [-0.05, 0) is 13.0 Å². The molecule has 0 N–H and O–H groups in total. The first-order chi connectivity index (χ1) is 5.27. The highest BCUT2D eigenvalue weighted by molar-refractivity contribution is 6.08. The lowest BCUT2D eigenvalue weighted by molar-refractivity contribution is -0.136. The van der Waals surface area contributed by atoms with Crippen LogP contribution in [0.1, 0.15) is 6.92 Å². The van der Waals surface area contributed by atoms with Crippen LogP contribution in [0.5, 0.6) is 0 Å². The Bertz CT molecular complexity index is 242. The van der Waals surface area contributed by atoms with Crippen LogP contribution in [0.25, 0.3) is 0 Å². The summed E-state index contributed by atoms with van der Waals surface area (Å²) in [5.74, 6) is -0.400. The molecule has 0 aromatic heterocycles. The molecule has 1 aliphatic rings. The number of hydrogen-bond donors (Lipinski definition) is 0. The number of nitrogens with zero attached hydrogens (tertiary/aromatic N) is 1. The first-order valence-corrected chi connectivity index (χ1v) is 3.15. The fraction of sp³-hybridized carbons (Fsp3) is 0.286. The molecule has 4 nitrogen and oxygen atoms in total. The molecule has 1 atom stereocenters. The van der Waals surface area contributed by atoms with Gasteiger partial charge in [-0.3, -0.25) is 0 Å². The number of cyclic esters (lactones) is 1. The molecule has 1 unspecified atom stereocenters. The Labute approximate surface area is 63.6 Å². The minimum absolute atomic E-state index is 0.203. The van der Waals surface area contributed by atoms with Gasteiger partial charge in [0, 0.05) is 0 Å². The summed E-state index contributed by atoms with van der Waals surface area (Å²) < 4.78 is 4.60. The van der Waals surface area contributed by atoms with E-state index in [4.69, 9.17) is 0 Å². The smallest absolute Gasteiger partial charge is 0.345 e. The monoisotopic (exact) mass is 153 g/mol. The summed E-state index contributed by atoms with van der Waals surface area (Å²) in [5, 5.41) is 0. The average molecular weight is 153 g/mol. The first kappa shape index (κ1) is 7.65.